The van der Waals surface area contributed by atoms with Crippen LogP contribution in [0, 0.1) is 0 Å². The molecule has 3 heterocycles. The molecule has 0 N–H and O–H groups in total. The van der Waals surface area contributed by atoms with Gasteiger partial charge in [0.25, 0.3) is 15.7 Å². The number of amides is 3. The first-order valence-electron chi connectivity index (χ1n) is 10.1. The second-order valence-electron chi connectivity index (χ2n) is 7.94. The highest BCUT2D eigenvalue weighted by atomic mass is 32.2. The van der Waals surface area contributed by atoms with Gasteiger partial charge in [0.05, 0.1) is 29.0 Å². The van der Waals surface area contributed by atoms with Crippen LogP contribution >= 0.6 is 0 Å². The SMILES string of the molecule is O=C1N(c2ccc(S(=O)(=O)C(F)(F)F)cc2)C(=O)C2(CC2)N1Cc1ccncc1-n1cccn1. The molecular formula is C21H16F3N5O4S. The summed E-state index contributed by atoms with van der Waals surface area (Å²) in [5.41, 5.74) is -5.19. The Morgan fingerprint density at radius 3 is 2.32 bits per heavy atom. The molecule has 2 fully saturated rings. The minimum Gasteiger partial charge on any atom is -0.305 e. The van der Waals surface area contributed by atoms with E-state index in [1.807, 2.05) is 0 Å². The lowest BCUT2D eigenvalue weighted by atomic mass is 10.1. The quantitative estimate of drug-likeness (QED) is 0.508. The number of benzene rings is 1. The average Bonchev–Trinajstić information content (AvgIpc) is 3.36. The van der Waals surface area contributed by atoms with Crippen molar-refractivity contribution in [2.75, 3.05) is 4.90 Å². The van der Waals surface area contributed by atoms with E-state index in [-0.39, 0.29) is 12.2 Å². The van der Waals surface area contributed by atoms with E-state index in [1.165, 1.54) is 4.90 Å². The molecule has 2 aromatic heterocycles. The van der Waals surface area contributed by atoms with Gasteiger partial charge < -0.3 is 4.90 Å². The largest absolute Gasteiger partial charge is 0.501 e. The summed E-state index contributed by atoms with van der Waals surface area (Å²) in [6.07, 6.45) is 7.33. The van der Waals surface area contributed by atoms with Gasteiger partial charge in [-0.2, -0.15) is 18.3 Å². The van der Waals surface area contributed by atoms with Gasteiger partial charge in [0.15, 0.2) is 0 Å². The zero-order valence-electron chi connectivity index (χ0n) is 17.3. The number of hydrogen-bond acceptors (Lipinski definition) is 6. The fourth-order valence-electron chi connectivity index (χ4n) is 4.01. The van der Waals surface area contributed by atoms with Crippen molar-refractivity contribution in [2.24, 2.45) is 0 Å². The van der Waals surface area contributed by atoms with E-state index in [2.05, 4.69) is 10.1 Å². The molecule has 1 aliphatic carbocycles. The molecule has 1 saturated heterocycles. The van der Waals surface area contributed by atoms with Crippen molar-refractivity contribution < 1.29 is 31.2 Å². The van der Waals surface area contributed by atoms with E-state index in [0.717, 1.165) is 29.2 Å². The van der Waals surface area contributed by atoms with Gasteiger partial charge in [-0.05, 0) is 49.2 Å². The molecule has 1 spiro atoms. The van der Waals surface area contributed by atoms with Crippen LogP contribution in [0.2, 0.25) is 0 Å². The fourth-order valence-corrected chi connectivity index (χ4v) is 4.77. The van der Waals surface area contributed by atoms with Crippen LogP contribution in [0.15, 0.2) is 66.1 Å². The molecule has 1 aliphatic heterocycles. The molecule has 1 aromatic carbocycles. The minimum atomic E-state index is -5.54. The van der Waals surface area contributed by atoms with Gasteiger partial charge >= 0.3 is 11.5 Å². The summed E-state index contributed by atoms with van der Waals surface area (Å²) in [6.45, 7) is 0.0827. The lowest BCUT2D eigenvalue weighted by molar-refractivity contribution is -0.120. The standard InChI is InChI=1S/C21H16F3N5O4S/c22-21(23,24)34(32,33)16-4-2-15(3-5-16)29-18(30)20(7-8-20)27(19(29)31)13-14-6-10-25-12-17(14)28-11-1-9-26-28/h1-6,9-12H,7-8,13H2. The molecule has 1 saturated carbocycles. The Balaban J connectivity index is 1.46. The minimum absolute atomic E-state index is 0.00747. The third-order valence-corrected chi connectivity index (χ3v) is 7.44. The second kappa shape index (κ2) is 7.38. The van der Waals surface area contributed by atoms with E-state index in [9.17, 15) is 31.2 Å². The van der Waals surface area contributed by atoms with E-state index in [1.54, 1.807) is 41.6 Å². The maximum absolute atomic E-state index is 13.3. The van der Waals surface area contributed by atoms with Gasteiger partial charge in [-0.3, -0.25) is 9.78 Å². The number of rotatable bonds is 5. The molecule has 5 rings (SSSR count). The van der Waals surface area contributed by atoms with Crippen LogP contribution in [0.25, 0.3) is 5.69 Å². The van der Waals surface area contributed by atoms with Crippen molar-refractivity contribution in [3.8, 4) is 5.69 Å². The lowest BCUT2D eigenvalue weighted by Crippen LogP contribution is -2.36. The molecular weight excluding hydrogens is 475 g/mol. The molecule has 13 heteroatoms. The topological polar surface area (TPSA) is 105 Å². The normalized spacial score (nSPS) is 17.6. The number of halogens is 3. The van der Waals surface area contributed by atoms with Crippen LogP contribution in [0.1, 0.15) is 18.4 Å². The molecule has 3 amide bonds. The van der Waals surface area contributed by atoms with Crippen LogP contribution in [-0.2, 0) is 21.2 Å². The summed E-state index contributed by atoms with van der Waals surface area (Å²) in [5, 5.41) is 4.18. The summed E-state index contributed by atoms with van der Waals surface area (Å²) in [5.74, 6) is -0.501. The Bertz CT molecular complexity index is 1380. The van der Waals surface area contributed by atoms with Crippen LogP contribution in [0.3, 0.4) is 0 Å². The van der Waals surface area contributed by atoms with Crippen molar-refractivity contribution >= 4 is 27.5 Å². The fraction of sp³-hybridized carbons (Fsp3) is 0.238. The number of aromatic nitrogens is 3. The van der Waals surface area contributed by atoms with E-state index in [4.69, 9.17) is 0 Å². The summed E-state index contributed by atoms with van der Waals surface area (Å²) in [7, 11) is -5.54. The number of alkyl halides is 3. The second-order valence-corrected chi connectivity index (χ2v) is 9.88. The molecule has 0 bridgehead atoms. The number of imide groups is 1. The summed E-state index contributed by atoms with van der Waals surface area (Å²) in [4.78, 5) is 31.9. The predicted octanol–water partition coefficient (Wildman–Crippen LogP) is 3.06. The monoisotopic (exact) mass is 491 g/mol. The lowest BCUT2D eigenvalue weighted by Gasteiger charge is -2.22. The first-order chi connectivity index (χ1) is 16.1. The summed E-state index contributed by atoms with van der Waals surface area (Å²) >= 11 is 0. The molecule has 0 atom stereocenters. The Kier molecular flexibility index (Phi) is 4.79. The number of carbonyl (C=O) groups excluding carboxylic acids is 2. The first kappa shape index (κ1) is 22.1. The Morgan fingerprint density at radius 1 is 1.03 bits per heavy atom. The zero-order chi connectivity index (χ0) is 24.3. The maximum atomic E-state index is 13.3. The van der Waals surface area contributed by atoms with Gasteiger partial charge in [-0.1, -0.05) is 0 Å². The highest BCUT2D eigenvalue weighted by molar-refractivity contribution is 7.92. The highest BCUT2D eigenvalue weighted by Gasteiger charge is 2.65. The number of pyridine rings is 1. The van der Waals surface area contributed by atoms with Crippen molar-refractivity contribution in [3.63, 3.8) is 0 Å². The van der Waals surface area contributed by atoms with Crippen LogP contribution < -0.4 is 4.90 Å². The molecule has 9 nitrogen and oxygen atoms in total. The van der Waals surface area contributed by atoms with Gasteiger partial charge in [0.1, 0.15) is 5.54 Å². The predicted molar refractivity (Wildman–Crippen MR) is 111 cm³/mol. The Morgan fingerprint density at radius 2 is 1.74 bits per heavy atom. The van der Waals surface area contributed by atoms with Gasteiger partial charge in [0, 0.05) is 24.2 Å². The Labute approximate surface area is 191 Å². The number of anilines is 1. The number of nitrogens with zero attached hydrogens (tertiary/aromatic N) is 5. The average molecular weight is 491 g/mol. The number of sulfone groups is 1. The number of urea groups is 1. The van der Waals surface area contributed by atoms with Crippen LogP contribution in [0.4, 0.5) is 23.7 Å². The van der Waals surface area contributed by atoms with Crippen molar-refractivity contribution in [3.05, 3.63) is 66.7 Å². The van der Waals surface area contributed by atoms with E-state index >= 15 is 0 Å². The highest BCUT2D eigenvalue weighted by Crippen LogP contribution is 2.50. The summed E-state index contributed by atoms with van der Waals surface area (Å²) in [6, 6.07) is 6.32. The van der Waals surface area contributed by atoms with Crippen molar-refractivity contribution in [1.29, 1.82) is 0 Å². The first-order valence-corrected chi connectivity index (χ1v) is 11.5. The molecule has 3 aromatic rings. The third-order valence-electron chi connectivity index (χ3n) is 5.94. The van der Waals surface area contributed by atoms with E-state index < -0.39 is 37.7 Å². The number of carbonyl (C=O) groups is 2. The third kappa shape index (κ3) is 3.26. The smallest absolute Gasteiger partial charge is 0.305 e. The molecule has 2 aliphatic rings. The van der Waals surface area contributed by atoms with Gasteiger partial charge in [-0.15, -0.1) is 0 Å². The molecule has 34 heavy (non-hydrogen) atoms. The number of hydrogen-bond donors (Lipinski definition) is 0. The maximum Gasteiger partial charge on any atom is 0.501 e. The Hall–Kier alpha value is -3.74. The molecule has 0 unspecified atom stereocenters. The summed E-state index contributed by atoms with van der Waals surface area (Å²) < 4.78 is 63.3. The van der Waals surface area contributed by atoms with Gasteiger partial charge in [0.2, 0.25) is 0 Å². The van der Waals surface area contributed by atoms with E-state index in [0.29, 0.717) is 24.1 Å². The van der Waals surface area contributed by atoms with Crippen molar-refractivity contribution in [2.45, 2.75) is 35.3 Å². The van der Waals surface area contributed by atoms with Crippen LogP contribution in [-0.4, -0.2) is 51.1 Å². The molecule has 0 radical (unpaired) electrons. The molecule has 176 valence electrons. The van der Waals surface area contributed by atoms with Gasteiger partial charge in [-0.25, -0.2) is 22.8 Å². The van der Waals surface area contributed by atoms with Crippen molar-refractivity contribution in [1.82, 2.24) is 19.7 Å². The zero-order valence-corrected chi connectivity index (χ0v) is 18.1. The van der Waals surface area contributed by atoms with Crippen LogP contribution in [0.5, 0.6) is 0 Å².